The van der Waals surface area contributed by atoms with Gasteiger partial charge in [-0.05, 0) is 31.1 Å². The van der Waals surface area contributed by atoms with Crippen molar-refractivity contribution in [1.29, 1.82) is 0 Å². The Morgan fingerprint density at radius 3 is 3.00 bits per heavy atom. The minimum Gasteiger partial charge on any atom is -0.352 e. The van der Waals surface area contributed by atoms with E-state index < -0.39 is 0 Å². The first-order chi connectivity index (χ1) is 9.56. The molecular weight excluding hydrogens is 256 g/mol. The van der Waals surface area contributed by atoms with Crippen LogP contribution >= 0.6 is 0 Å². The first-order valence-electron chi connectivity index (χ1n) is 7.45. The van der Waals surface area contributed by atoms with Crippen LogP contribution in [0.4, 0.5) is 0 Å². The smallest absolute Gasteiger partial charge is 0.343 e. The molecule has 1 aromatic heterocycles. The highest BCUT2D eigenvalue weighted by molar-refractivity contribution is 5.76. The van der Waals surface area contributed by atoms with Gasteiger partial charge >= 0.3 is 5.69 Å². The number of hydrogen-bond donors (Lipinski definition) is 2. The van der Waals surface area contributed by atoms with E-state index >= 15 is 0 Å². The molecule has 6 heteroatoms. The number of aromatic amines is 1. The molecule has 2 N–H and O–H groups in total. The van der Waals surface area contributed by atoms with Crippen LogP contribution in [0.15, 0.2) is 11.1 Å². The van der Waals surface area contributed by atoms with Crippen molar-refractivity contribution in [3.8, 4) is 0 Å². The Morgan fingerprint density at radius 1 is 1.55 bits per heavy atom. The Labute approximate surface area is 119 Å². The minimum absolute atomic E-state index is 0.0444. The van der Waals surface area contributed by atoms with E-state index in [1.165, 1.54) is 36.6 Å². The van der Waals surface area contributed by atoms with Crippen LogP contribution in [-0.2, 0) is 11.3 Å². The highest BCUT2D eigenvalue weighted by Gasteiger charge is 2.28. The van der Waals surface area contributed by atoms with Crippen LogP contribution in [0.2, 0.25) is 0 Å². The van der Waals surface area contributed by atoms with Crippen molar-refractivity contribution in [1.82, 2.24) is 20.1 Å². The summed E-state index contributed by atoms with van der Waals surface area (Å²) in [4.78, 5) is 23.3. The van der Waals surface area contributed by atoms with E-state index in [1.807, 2.05) is 0 Å². The molecule has 1 fully saturated rings. The number of carbonyl (C=O) groups is 1. The Kier molecular flexibility index (Phi) is 4.98. The van der Waals surface area contributed by atoms with Crippen LogP contribution in [0.25, 0.3) is 0 Å². The van der Waals surface area contributed by atoms with E-state index in [2.05, 4.69) is 29.4 Å². The van der Waals surface area contributed by atoms with E-state index in [0.717, 1.165) is 6.42 Å². The maximum atomic E-state index is 12.0. The van der Waals surface area contributed by atoms with Crippen molar-refractivity contribution >= 4 is 5.91 Å². The van der Waals surface area contributed by atoms with Gasteiger partial charge in [-0.15, -0.1) is 0 Å². The number of amides is 1. The van der Waals surface area contributed by atoms with Crippen LogP contribution in [0.1, 0.15) is 46.0 Å². The van der Waals surface area contributed by atoms with Crippen molar-refractivity contribution in [2.45, 2.75) is 58.5 Å². The number of H-pyrrole nitrogens is 1. The molecule has 2 unspecified atom stereocenters. The van der Waals surface area contributed by atoms with E-state index in [4.69, 9.17) is 0 Å². The zero-order chi connectivity index (χ0) is 14.5. The van der Waals surface area contributed by atoms with E-state index in [0.29, 0.717) is 11.8 Å². The molecule has 1 aromatic rings. The Morgan fingerprint density at radius 2 is 2.35 bits per heavy atom. The van der Waals surface area contributed by atoms with Crippen molar-refractivity contribution in [3.05, 3.63) is 16.8 Å². The summed E-state index contributed by atoms with van der Waals surface area (Å²) in [6, 6.07) is 0.267. The van der Waals surface area contributed by atoms with E-state index in [-0.39, 0.29) is 24.2 Å². The normalized spacial score (nSPS) is 22.4. The SMILES string of the molecule is CC(C)CCC1CCCC1NC(=O)Cn1cn[nH]c1=O. The molecule has 1 heterocycles. The zero-order valence-electron chi connectivity index (χ0n) is 12.3. The van der Waals surface area contributed by atoms with Gasteiger partial charge in [0.2, 0.25) is 5.91 Å². The number of hydrogen-bond acceptors (Lipinski definition) is 3. The maximum absolute atomic E-state index is 12.0. The van der Waals surface area contributed by atoms with Crippen molar-refractivity contribution in [2.24, 2.45) is 11.8 Å². The summed E-state index contributed by atoms with van der Waals surface area (Å²) in [6.45, 7) is 4.50. The van der Waals surface area contributed by atoms with Gasteiger partial charge in [0, 0.05) is 6.04 Å². The standard InChI is InChI=1S/C14H24N4O2/c1-10(2)6-7-11-4-3-5-12(11)16-13(19)8-18-9-15-17-14(18)20/h9-12H,3-8H2,1-2H3,(H,16,19)(H,17,20). The Balaban J connectivity index is 1.83. The number of carbonyl (C=O) groups excluding carboxylic acids is 1. The zero-order valence-corrected chi connectivity index (χ0v) is 12.3. The summed E-state index contributed by atoms with van der Waals surface area (Å²) in [5.74, 6) is 1.19. The molecule has 1 aliphatic carbocycles. The molecule has 0 radical (unpaired) electrons. The van der Waals surface area contributed by atoms with Crippen LogP contribution in [0.5, 0.6) is 0 Å². The molecule has 0 aromatic carbocycles. The average Bonchev–Trinajstić information content (AvgIpc) is 2.97. The Bertz CT molecular complexity index is 491. The van der Waals surface area contributed by atoms with Gasteiger partial charge in [-0.25, -0.2) is 9.89 Å². The molecule has 1 aliphatic rings. The highest BCUT2D eigenvalue weighted by atomic mass is 16.2. The van der Waals surface area contributed by atoms with Crippen LogP contribution in [0.3, 0.4) is 0 Å². The molecule has 20 heavy (non-hydrogen) atoms. The molecule has 1 amide bonds. The summed E-state index contributed by atoms with van der Waals surface area (Å²) in [7, 11) is 0. The summed E-state index contributed by atoms with van der Waals surface area (Å²) in [6.07, 6.45) is 7.16. The minimum atomic E-state index is -0.345. The summed E-state index contributed by atoms with van der Waals surface area (Å²) in [5.41, 5.74) is -0.345. The molecule has 2 atom stereocenters. The lowest BCUT2D eigenvalue weighted by molar-refractivity contribution is -0.122. The first-order valence-corrected chi connectivity index (χ1v) is 7.45. The number of aromatic nitrogens is 3. The molecule has 0 aliphatic heterocycles. The van der Waals surface area contributed by atoms with Crippen molar-refractivity contribution in [3.63, 3.8) is 0 Å². The second-order valence-corrected chi connectivity index (χ2v) is 6.13. The van der Waals surface area contributed by atoms with Crippen LogP contribution < -0.4 is 11.0 Å². The van der Waals surface area contributed by atoms with Gasteiger partial charge < -0.3 is 5.32 Å². The third kappa shape index (κ3) is 3.95. The van der Waals surface area contributed by atoms with Crippen LogP contribution in [0, 0.1) is 11.8 Å². The average molecular weight is 280 g/mol. The summed E-state index contributed by atoms with van der Waals surface area (Å²) in [5, 5.41) is 8.98. The van der Waals surface area contributed by atoms with Gasteiger partial charge in [0.05, 0.1) is 0 Å². The molecular formula is C14H24N4O2. The first kappa shape index (κ1) is 14.8. The second-order valence-electron chi connectivity index (χ2n) is 6.13. The van der Waals surface area contributed by atoms with E-state index in [1.54, 1.807) is 0 Å². The van der Waals surface area contributed by atoms with Gasteiger partial charge in [-0.1, -0.05) is 26.7 Å². The molecule has 112 valence electrons. The Hall–Kier alpha value is -1.59. The van der Waals surface area contributed by atoms with Gasteiger partial charge in [0.1, 0.15) is 12.9 Å². The highest BCUT2D eigenvalue weighted by Crippen LogP contribution is 2.30. The topological polar surface area (TPSA) is 79.8 Å². The van der Waals surface area contributed by atoms with E-state index in [9.17, 15) is 9.59 Å². The summed E-state index contributed by atoms with van der Waals surface area (Å²) >= 11 is 0. The fourth-order valence-corrected chi connectivity index (χ4v) is 2.91. The van der Waals surface area contributed by atoms with Crippen molar-refractivity contribution in [2.75, 3.05) is 0 Å². The largest absolute Gasteiger partial charge is 0.352 e. The summed E-state index contributed by atoms with van der Waals surface area (Å²) < 4.78 is 1.29. The number of rotatable bonds is 6. The van der Waals surface area contributed by atoms with Crippen LogP contribution in [-0.4, -0.2) is 26.7 Å². The second kappa shape index (κ2) is 6.72. The molecule has 0 saturated heterocycles. The van der Waals surface area contributed by atoms with Gasteiger partial charge in [-0.3, -0.25) is 9.36 Å². The monoisotopic (exact) mass is 280 g/mol. The van der Waals surface area contributed by atoms with Gasteiger partial charge in [-0.2, -0.15) is 5.10 Å². The third-order valence-electron chi connectivity index (χ3n) is 4.05. The van der Waals surface area contributed by atoms with Crippen molar-refractivity contribution < 1.29 is 4.79 Å². The third-order valence-corrected chi connectivity index (χ3v) is 4.05. The predicted octanol–water partition coefficient (Wildman–Crippen LogP) is 1.29. The molecule has 2 rings (SSSR count). The maximum Gasteiger partial charge on any atom is 0.343 e. The molecule has 6 nitrogen and oxygen atoms in total. The predicted molar refractivity (Wildman–Crippen MR) is 76.2 cm³/mol. The molecule has 1 saturated carbocycles. The fourth-order valence-electron chi connectivity index (χ4n) is 2.91. The fraction of sp³-hybridized carbons (Fsp3) is 0.786. The molecule has 0 spiro atoms. The lowest BCUT2D eigenvalue weighted by Crippen LogP contribution is -2.40. The van der Waals surface area contributed by atoms with Gasteiger partial charge in [0.25, 0.3) is 0 Å². The number of nitrogens with zero attached hydrogens (tertiary/aromatic N) is 2. The lowest BCUT2D eigenvalue weighted by atomic mass is 9.93. The molecule has 0 bridgehead atoms. The quantitative estimate of drug-likeness (QED) is 0.824. The number of nitrogens with one attached hydrogen (secondary N) is 2. The van der Waals surface area contributed by atoms with Gasteiger partial charge in [0.15, 0.2) is 0 Å². The lowest BCUT2D eigenvalue weighted by Gasteiger charge is -2.21.